The van der Waals surface area contributed by atoms with E-state index in [0.717, 1.165) is 11.1 Å². The molecule has 0 aromatic heterocycles. The fraction of sp³-hybridized carbons (Fsp3) is 0.310. The van der Waals surface area contributed by atoms with Gasteiger partial charge in [0.25, 0.3) is 0 Å². The summed E-state index contributed by atoms with van der Waals surface area (Å²) in [7, 11) is 0. The third-order valence-corrected chi connectivity index (χ3v) is 5.58. The highest BCUT2D eigenvalue weighted by Crippen LogP contribution is 2.33. The van der Waals surface area contributed by atoms with Gasteiger partial charge in [-0.2, -0.15) is 0 Å². The van der Waals surface area contributed by atoms with Gasteiger partial charge in [0.15, 0.2) is 0 Å². The van der Waals surface area contributed by atoms with Crippen LogP contribution < -0.4 is 9.47 Å². The van der Waals surface area contributed by atoms with Crippen molar-refractivity contribution in [3.05, 3.63) is 96.9 Å². The van der Waals surface area contributed by atoms with E-state index < -0.39 is 5.97 Å². The zero-order valence-corrected chi connectivity index (χ0v) is 20.0. The second-order valence-corrected chi connectivity index (χ2v) is 8.55. The van der Waals surface area contributed by atoms with E-state index in [2.05, 4.69) is 26.3 Å². The van der Waals surface area contributed by atoms with E-state index in [9.17, 15) is 9.59 Å². The Hall–Kier alpha value is -3.60. The van der Waals surface area contributed by atoms with Crippen molar-refractivity contribution in [2.75, 3.05) is 0 Å². The van der Waals surface area contributed by atoms with Crippen LogP contribution in [0.4, 0.5) is 0 Å². The van der Waals surface area contributed by atoms with Gasteiger partial charge in [-0.05, 0) is 68.4 Å². The third-order valence-electron chi connectivity index (χ3n) is 5.58. The van der Waals surface area contributed by atoms with E-state index in [-0.39, 0.29) is 24.6 Å². The van der Waals surface area contributed by atoms with E-state index in [0.29, 0.717) is 41.4 Å². The zero-order chi connectivity index (χ0) is 25.1. The molecule has 0 heterocycles. The Morgan fingerprint density at radius 2 is 1.50 bits per heavy atom. The number of hydrogen-bond donors (Lipinski definition) is 1. The van der Waals surface area contributed by atoms with Crippen LogP contribution in [-0.4, -0.2) is 17.0 Å². The summed E-state index contributed by atoms with van der Waals surface area (Å²) in [5.74, 6) is 0.552. The fourth-order valence-electron chi connectivity index (χ4n) is 3.20. The lowest BCUT2D eigenvalue weighted by molar-refractivity contribution is -0.135. The number of aryl methyl sites for hydroxylation is 1. The Morgan fingerprint density at radius 1 is 0.912 bits per heavy atom. The molecule has 0 spiro atoms. The monoisotopic (exact) mass is 462 g/mol. The summed E-state index contributed by atoms with van der Waals surface area (Å²) in [5.41, 5.74) is 3.34. The van der Waals surface area contributed by atoms with Gasteiger partial charge in [0.1, 0.15) is 17.3 Å². The number of carbonyl (C=O) groups excluding carboxylic acids is 2. The highest BCUT2D eigenvalue weighted by atomic mass is 16.5. The van der Waals surface area contributed by atoms with Crippen LogP contribution in [0.1, 0.15) is 50.5 Å². The van der Waals surface area contributed by atoms with E-state index in [4.69, 9.17) is 14.6 Å². The van der Waals surface area contributed by atoms with Crippen molar-refractivity contribution >= 4 is 11.9 Å². The van der Waals surface area contributed by atoms with Crippen molar-refractivity contribution in [1.29, 1.82) is 0 Å². The Morgan fingerprint density at radius 3 is 2.03 bits per heavy atom. The minimum atomic E-state index is -0.409. The van der Waals surface area contributed by atoms with Crippen LogP contribution in [0.5, 0.6) is 11.5 Å². The lowest BCUT2D eigenvalue weighted by Crippen LogP contribution is -2.11. The van der Waals surface area contributed by atoms with E-state index in [1.807, 2.05) is 12.2 Å². The SMILES string of the molecule is C=C(O)/C=C\C(=C)CCC(=O)Oc1ccc(OC(=O)CCC(=C)/C=C\C(=C)C2CCC2)c(C)c1. The van der Waals surface area contributed by atoms with Crippen molar-refractivity contribution < 1.29 is 24.2 Å². The zero-order valence-electron chi connectivity index (χ0n) is 20.0. The predicted molar refractivity (Wildman–Crippen MR) is 136 cm³/mol. The number of hydrogen-bond acceptors (Lipinski definition) is 5. The molecule has 0 saturated heterocycles. The molecule has 0 unspecified atom stereocenters. The van der Waals surface area contributed by atoms with Crippen molar-refractivity contribution in [3.63, 3.8) is 0 Å². The van der Waals surface area contributed by atoms with E-state index in [1.165, 1.54) is 25.3 Å². The number of allylic oxidation sites excluding steroid dienone is 7. The fourth-order valence-corrected chi connectivity index (χ4v) is 3.20. The van der Waals surface area contributed by atoms with Crippen LogP contribution in [0.3, 0.4) is 0 Å². The summed E-state index contributed by atoms with van der Waals surface area (Å²) in [4.78, 5) is 24.3. The van der Waals surface area contributed by atoms with E-state index in [1.54, 1.807) is 31.2 Å². The van der Waals surface area contributed by atoms with Gasteiger partial charge in [-0.25, -0.2) is 0 Å². The highest BCUT2D eigenvalue weighted by molar-refractivity contribution is 5.74. The summed E-state index contributed by atoms with van der Waals surface area (Å²) < 4.78 is 10.8. The minimum Gasteiger partial charge on any atom is -0.509 e. The number of carbonyl (C=O) groups is 2. The first-order chi connectivity index (χ1) is 16.1. The Kier molecular flexibility index (Phi) is 10.3. The highest BCUT2D eigenvalue weighted by Gasteiger charge is 2.18. The molecule has 5 heteroatoms. The van der Waals surface area contributed by atoms with Gasteiger partial charge < -0.3 is 14.6 Å². The molecule has 34 heavy (non-hydrogen) atoms. The van der Waals surface area contributed by atoms with Gasteiger partial charge in [-0.1, -0.05) is 67.7 Å². The average molecular weight is 463 g/mol. The number of rotatable bonds is 13. The molecule has 1 aromatic rings. The number of esters is 2. The molecule has 0 atom stereocenters. The Labute approximate surface area is 202 Å². The number of aliphatic hydroxyl groups excluding tert-OH is 1. The molecule has 0 amide bonds. The lowest BCUT2D eigenvalue weighted by atomic mass is 9.80. The summed E-state index contributed by atoms with van der Waals surface area (Å²) >= 11 is 0. The van der Waals surface area contributed by atoms with E-state index >= 15 is 0 Å². The molecule has 2 rings (SSSR count). The Balaban J connectivity index is 1.76. The van der Waals surface area contributed by atoms with Crippen LogP contribution >= 0.6 is 0 Å². The normalized spacial score (nSPS) is 13.4. The molecule has 5 nitrogen and oxygen atoms in total. The molecule has 1 aromatic carbocycles. The molecule has 1 aliphatic rings. The average Bonchev–Trinajstić information content (AvgIpc) is 2.74. The minimum absolute atomic E-state index is 0.0766. The van der Waals surface area contributed by atoms with Gasteiger partial charge in [0, 0.05) is 12.8 Å². The van der Waals surface area contributed by atoms with Gasteiger partial charge in [-0.15, -0.1) is 0 Å². The number of benzene rings is 1. The molecule has 0 radical (unpaired) electrons. The topological polar surface area (TPSA) is 72.8 Å². The summed E-state index contributed by atoms with van der Waals surface area (Å²) in [6.07, 6.45) is 11.9. The van der Waals surface area contributed by atoms with Gasteiger partial charge >= 0.3 is 11.9 Å². The largest absolute Gasteiger partial charge is 0.509 e. The van der Waals surface area contributed by atoms with Crippen LogP contribution in [0, 0.1) is 12.8 Å². The first-order valence-corrected chi connectivity index (χ1v) is 11.4. The molecule has 1 aliphatic carbocycles. The van der Waals surface area contributed by atoms with Crippen molar-refractivity contribution in [2.24, 2.45) is 5.92 Å². The number of ether oxygens (including phenoxy) is 2. The molecular weight excluding hydrogens is 428 g/mol. The summed E-state index contributed by atoms with van der Waals surface area (Å²) in [6.45, 7) is 17.0. The van der Waals surface area contributed by atoms with Crippen LogP contribution in [0.2, 0.25) is 0 Å². The first kappa shape index (κ1) is 26.7. The second-order valence-electron chi connectivity index (χ2n) is 8.55. The standard InChI is InChI=1S/C29H34O5/c1-20(9-13-22(3)25-7-6-8-25)12-18-29(32)34-27-16-15-26(19-23(27)4)33-28(31)17-11-21(2)10-14-24(5)30/h9-10,13-16,19,25,30H,1-3,5-8,11-12,17-18H2,4H3/b13-9-,14-10-. The molecule has 1 fully saturated rings. The maximum atomic E-state index is 12.3. The smallest absolute Gasteiger partial charge is 0.311 e. The molecular formula is C29H34O5. The van der Waals surface area contributed by atoms with Gasteiger partial charge in [0.2, 0.25) is 0 Å². The van der Waals surface area contributed by atoms with Crippen LogP contribution in [0.25, 0.3) is 0 Å². The summed E-state index contributed by atoms with van der Waals surface area (Å²) in [5, 5.41) is 9.04. The second kappa shape index (κ2) is 13.2. The summed E-state index contributed by atoms with van der Waals surface area (Å²) in [6, 6.07) is 4.85. The third kappa shape index (κ3) is 9.49. The van der Waals surface area contributed by atoms with Crippen molar-refractivity contribution in [3.8, 4) is 11.5 Å². The molecule has 0 bridgehead atoms. The number of aliphatic hydroxyl groups is 1. The molecule has 0 aliphatic heterocycles. The van der Waals surface area contributed by atoms with Crippen molar-refractivity contribution in [1.82, 2.24) is 0 Å². The maximum Gasteiger partial charge on any atom is 0.311 e. The quantitative estimate of drug-likeness (QED) is 0.148. The van der Waals surface area contributed by atoms with Crippen LogP contribution in [0.15, 0.2) is 91.3 Å². The molecule has 1 N–H and O–H groups in total. The van der Waals surface area contributed by atoms with Crippen molar-refractivity contribution in [2.45, 2.75) is 51.9 Å². The maximum absolute atomic E-state index is 12.3. The van der Waals surface area contributed by atoms with Gasteiger partial charge in [-0.3, -0.25) is 9.59 Å². The van der Waals surface area contributed by atoms with Crippen LogP contribution in [-0.2, 0) is 9.59 Å². The molecule has 180 valence electrons. The molecule has 1 saturated carbocycles. The first-order valence-electron chi connectivity index (χ1n) is 11.4. The Bertz CT molecular complexity index is 1020. The van der Waals surface area contributed by atoms with Gasteiger partial charge in [0.05, 0.1) is 0 Å². The lowest BCUT2D eigenvalue weighted by Gasteiger charge is -2.25. The predicted octanol–water partition coefficient (Wildman–Crippen LogP) is 7.02.